The molecule has 1 atom stereocenters. The summed E-state index contributed by atoms with van der Waals surface area (Å²) in [6.07, 6.45) is 0.586. The van der Waals surface area contributed by atoms with E-state index in [2.05, 4.69) is 6.92 Å². The molecule has 0 saturated heterocycles. The summed E-state index contributed by atoms with van der Waals surface area (Å²) in [6.45, 7) is 2.09. The third kappa shape index (κ3) is 3.48. The van der Waals surface area contributed by atoms with E-state index in [1.54, 1.807) is 11.8 Å². The Morgan fingerprint density at radius 1 is 1.41 bits per heavy atom. The highest BCUT2D eigenvalue weighted by Gasteiger charge is 2.36. The van der Waals surface area contributed by atoms with Gasteiger partial charge in [0, 0.05) is 0 Å². The molecule has 0 aliphatic heterocycles. The lowest BCUT2D eigenvalue weighted by atomic mass is 9.88. The lowest BCUT2D eigenvalue weighted by Crippen LogP contribution is -2.46. The maximum atomic E-state index is 11.9. The van der Waals surface area contributed by atoms with Crippen molar-refractivity contribution in [2.75, 3.05) is 18.6 Å². The van der Waals surface area contributed by atoms with E-state index < -0.39 is 5.54 Å². The number of rotatable bonds is 6. The minimum Gasteiger partial charge on any atom is -0.467 e. The van der Waals surface area contributed by atoms with Crippen molar-refractivity contribution in [3.05, 3.63) is 35.9 Å². The predicted octanol–water partition coefficient (Wildman–Crippen LogP) is 2.16. The summed E-state index contributed by atoms with van der Waals surface area (Å²) in [6, 6.07) is 9.41. The molecule has 3 nitrogen and oxygen atoms in total. The number of methoxy groups -OCH3 is 1. The second-order valence-corrected chi connectivity index (χ2v) is 5.17. The van der Waals surface area contributed by atoms with Gasteiger partial charge in [-0.3, -0.25) is 0 Å². The molecule has 2 N–H and O–H groups in total. The van der Waals surface area contributed by atoms with Crippen LogP contribution in [0.1, 0.15) is 18.9 Å². The number of hydrogen-bond acceptors (Lipinski definition) is 4. The second kappa shape index (κ2) is 6.67. The number of ether oxygens (including phenoxy) is 1. The molecule has 0 bridgehead atoms. The van der Waals surface area contributed by atoms with Crippen LogP contribution in [0.5, 0.6) is 0 Å². The van der Waals surface area contributed by atoms with Crippen molar-refractivity contribution in [2.45, 2.75) is 18.9 Å². The molecule has 1 rings (SSSR count). The Hall–Kier alpha value is -1.00. The lowest BCUT2D eigenvalue weighted by Gasteiger charge is -2.26. The van der Waals surface area contributed by atoms with Crippen LogP contribution >= 0.6 is 11.8 Å². The highest BCUT2D eigenvalue weighted by molar-refractivity contribution is 7.99. The molecule has 0 aliphatic rings. The number of nitrogens with two attached hydrogens (primary N) is 1. The van der Waals surface area contributed by atoms with Crippen LogP contribution in [0.3, 0.4) is 0 Å². The molecule has 94 valence electrons. The smallest absolute Gasteiger partial charge is 0.330 e. The molecule has 0 amide bonds. The molecular formula is C13H19NO2S. The molecule has 0 aromatic heterocycles. The van der Waals surface area contributed by atoms with E-state index in [9.17, 15) is 4.79 Å². The number of hydrogen-bond donors (Lipinski definition) is 1. The fourth-order valence-corrected chi connectivity index (χ4v) is 2.41. The van der Waals surface area contributed by atoms with Crippen molar-refractivity contribution in [3.8, 4) is 0 Å². The first-order valence-electron chi connectivity index (χ1n) is 5.65. The highest BCUT2D eigenvalue weighted by atomic mass is 32.2. The third-order valence-electron chi connectivity index (χ3n) is 2.68. The Labute approximate surface area is 107 Å². The van der Waals surface area contributed by atoms with E-state index in [4.69, 9.17) is 10.5 Å². The normalized spacial score (nSPS) is 14.1. The van der Waals surface area contributed by atoms with Gasteiger partial charge in [0.1, 0.15) is 5.54 Å². The summed E-state index contributed by atoms with van der Waals surface area (Å²) in [4.78, 5) is 11.9. The largest absolute Gasteiger partial charge is 0.467 e. The Bertz CT molecular complexity index is 356. The minimum absolute atomic E-state index is 0.375. The first-order valence-corrected chi connectivity index (χ1v) is 6.81. The van der Waals surface area contributed by atoms with E-state index in [-0.39, 0.29) is 5.97 Å². The van der Waals surface area contributed by atoms with Crippen molar-refractivity contribution in [3.63, 3.8) is 0 Å². The third-order valence-corrected chi connectivity index (χ3v) is 3.58. The SMILES string of the molecule is CCSCCC(N)(C(=O)OC)c1ccccc1. The summed E-state index contributed by atoms with van der Waals surface area (Å²) in [5.74, 6) is 1.49. The van der Waals surface area contributed by atoms with Crippen LogP contribution in [-0.4, -0.2) is 24.6 Å². The van der Waals surface area contributed by atoms with Crippen LogP contribution in [0.2, 0.25) is 0 Å². The molecule has 0 saturated carbocycles. The first kappa shape index (κ1) is 14.1. The molecule has 1 aromatic carbocycles. The maximum absolute atomic E-state index is 11.9. The molecule has 4 heteroatoms. The average molecular weight is 253 g/mol. The summed E-state index contributed by atoms with van der Waals surface area (Å²) >= 11 is 1.77. The lowest BCUT2D eigenvalue weighted by molar-refractivity contribution is -0.147. The molecular weight excluding hydrogens is 234 g/mol. The summed E-state index contributed by atoms with van der Waals surface area (Å²) in [5.41, 5.74) is 6.01. The molecule has 17 heavy (non-hydrogen) atoms. The monoisotopic (exact) mass is 253 g/mol. The van der Waals surface area contributed by atoms with Crippen LogP contribution in [0.15, 0.2) is 30.3 Å². The number of benzene rings is 1. The maximum Gasteiger partial charge on any atom is 0.330 e. The van der Waals surface area contributed by atoms with Crippen LogP contribution in [0.4, 0.5) is 0 Å². The van der Waals surface area contributed by atoms with Crippen LogP contribution in [-0.2, 0) is 15.1 Å². The standard InChI is InChI=1S/C13H19NO2S/c1-3-17-10-9-13(14,12(15)16-2)11-7-5-4-6-8-11/h4-8H,3,9-10,14H2,1-2H3. The number of carbonyl (C=O) groups excluding carboxylic acids is 1. The molecule has 0 aliphatic carbocycles. The zero-order chi connectivity index (χ0) is 12.7. The van der Waals surface area contributed by atoms with Gasteiger partial charge in [-0.25, -0.2) is 4.79 Å². The van der Waals surface area contributed by atoms with E-state index in [0.717, 1.165) is 17.1 Å². The van der Waals surface area contributed by atoms with Gasteiger partial charge in [-0.15, -0.1) is 0 Å². The number of esters is 1. The number of thioether (sulfide) groups is 1. The van der Waals surface area contributed by atoms with Crippen molar-refractivity contribution < 1.29 is 9.53 Å². The van der Waals surface area contributed by atoms with Gasteiger partial charge in [-0.05, 0) is 23.5 Å². The van der Waals surface area contributed by atoms with Crippen LogP contribution in [0.25, 0.3) is 0 Å². The fourth-order valence-electron chi connectivity index (χ4n) is 1.66. The molecule has 0 spiro atoms. The van der Waals surface area contributed by atoms with Gasteiger partial charge in [0.05, 0.1) is 7.11 Å². The molecule has 1 unspecified atom stereocenters. The molecule has 1 aromatic rings. The van der Waals surface area contributed by atoms with E-state index in [1.807, 2.05) is 30.3 Å². The number of carbonyl (C=O) groups is 1. The first-order chi connectivity index (χ1) is 8.15. The predicted molar refractivity (Wildman–Crippen MR) is 71.9 cm³/mol. The van der Waals surface area contributed by atoms with Crippen LogP contribution in [0, 0.1) is 0 Å². The Balaban J connectivity index is 2.90. The van der Waals surface area contributed by atoms with Crippen molar-refractivity contribution in [1.82, 2.24) is 0 Å². The minimum atomic E-state index is -1.03. The Kier molecular flexibility index (Phi) is 5.51. The molecule has 0 fully saturated rings. The van der Waals surface area contributed by atoms with Gasteiger partial charge < -0.3 is 10.5 Å². The Morgan fingerprint density at radius 2 is 2.06 bits per heavy atom. The van der Waals surface area contributed by atoms with Gasteiger partial charge in [-0.2, -0.15) is 11.8 Å². The van der Waals surface area contributed by atoms with Crippen molar-refractivity contribution in [1.29, 1.82) is 0 Å². The van der Waals surface area contributed by atoms with Gasteiger partial charge in [0.25, 0.3) is 0 Å². The van der Waals surface area contributed by atoms with Crippen molar-refractivity contribution in [2.24, 2.45) is 5.73 Å². The van der Waals surface area contributed by atoms with E-state index in [1.165, 1.54) is 7.11 Å². The van der Waals surface area contributed by atoms with Gasteiger partial charge >= 0.3 is 5.97 Å². The summed E-state index contributed by atoms with van der Waals surface area (Å²) in [5, 5.41) is 0. The van der Waals surface area contributed by atoms with Crippen molar-refractivity contribution >= 4 is 17.7 Å². The highest BCUT2D eigenvalue weighted by Crippen LogP contribution is 2.25. The summed E-state index contributed by atoms with van der Waals surface area (Å²) in [7, 11) is 1.37. The van der Waals surface area contributed by atoms with Gasteiger partial charge in [0.15, 0.2) is 0 Å². The molecule has 0 heterocycles. The molecule has 0 radical (unpaired) electrons. The van der Waals surface area contributed by atoms with Gasteiger partial charge in [-0.1, -0.05) is 37.3 Å². The van der Waals surface area contributed by atoms with Crippen LogP contribution < -0.4 is 5.73 Å². The van der Waals surface area contributed by atoms with E-state index in [0.29, 0.717) is 6.42 Å². The van der Waals surface area contributed by atoms with Gasteiger partial charge in [0.2, 0.25) is 0 Å². The quantitative estimate of drug-likeness (QED) is 0.623. The van der Waals surface area contributed by atoms with E-state index >= 15 is 0 Å². The topological polar surface area (TPSA) is 52.3 Å². The Morgan fingerprint density at radius 3 is 2.59 bits per heavy atom. The zero-order valence-electron chi connectivity index (χ0n) is 10.3. The fraction of sp³-hybridized carbons (Fsp3) is 0.462. The second-order valence-electron chi connectivity index (χ2n) is 3.78. The summed E-state index contributed by atoms with van der Waals surface area (Å²) < 4.78 is 4.83. The average Bonchev–Trinajstić information content (AvgIpc) is 2.39. The zero-order valence-corrected chi connectivity index (χ0v) is 11.1.